The van der Waals surface area contributed by atoms with Crippen molar-refractivity contribution in [1.82, 2.24) is 16.0 Å². The van der Waals surface area contributed by atoms with Crippen LogP contribution in [0.3, 0.4) is 0 Å². The number of nitrogens with one attached hydrogen (secondary N) is 3. The van der Waals surface area contributed by atoms with Gasteiger partial charge < -0.3 is 30.5 Å². The first-order valence-electron chi connectivity index (χ1n) is 14.4. The molecule has 0 bridgehead atoms. The van der Waals surface area contributed by atoms with Crippen LogP contribution in [0.5, 0.6) is 5.75 Å². The number of ether oxygens (including phenoxy) is 2. The summed E-state index contributed by atoms with van der Waals surface area (Å²) < 4.78 is 11.3. The van der Waals surface area contributed by atoms with Gasteiger partial charge in [0.2, 0.25) is 11.8 Å². The summed E-state index contributed by atoms with van der Waals surface area (Å²) in [6.07, 6.45) is 1.24. The van der Waals surface area contributed by atoms with Crippen LogP contribution in [0, 0.1) is 5.92 Å². The average molecular weight is 570 g/mol. The number of carbonyl (C=O) groups excluding carboxylic acids is 3. The van der Waals surface area contributed by atoms with Crippen LogP contribution in [0.25, 0.3) is 0 Å². The van der Waals surface area contributed by atoms with E-state index < -0.39 is 30.1 Å². The lowest BCUT2D eigenvalue weighted by molar-refractivity contribution is -0.131. The van der Waals surface area contributed by atoms with E-state index in [1.165, 1.54) is 0 Å². The van der Waals surface area contributed by atoms with Gasteiger partial charge in [-0.1, -0.05) is 69.7 Å². The maximum absolute atomic E-state index is 13.6. The normalized spacial score (nSPS) is 13.6. The summed E-state index contributed by atoms with van der Waals surface area (Å²) in [5, 5.41) is 18.0. The Morgan fingerprint density at radius 3 is 2.05 bits per heavy atom. The molecule has 0 aliphatic rings. The molecule has 0 aromatic heterocycles. The minimum Gasteiger partial charge on any atom is -0.488 e. The number of hydrogen-bond donors (Lipinski definition) is 4. The number of amides is 3. The van der Waals surface area contributed by atoms with Crippen molar-refractivity contribution in [2.45, 2.75) is 97.6 Å². The molecule has 4 N–H and O–H groups in total. The largest absolute Gasteiger partial charge is 0.488 e. The Hall–Kier alpha value is -3.59. The predicted molar refractivity (Wildman–Crippen MR) is 159 cm³/mol. The van der Waals surface area contributed by atoms with Crippen LogP contribution in [0.2, 0.25) is 0 Å². The molecule has 2 aromatic rings. The highest BCUT2D eigenvalue weighted by Gasteiger charge is 2.29. The van der Waals surface area contributed by atoms with Crippen molar-refractivity contribution in [2.24, 2.45) is 5.92 Å². The zero-order valence-corrected chi connectivity index (χ0v) is 25.2. The third kappa shape index (κ3) is 13.1. The van der Waals surface area contributed by atoms with E-state index in [9.17, 15) is 19.5 Å². The number of hydrogen-bond acceptors (Lipinski definition) is 6. The molecule has 0 unspecified atom stereocenters. The molecule has 0 heterocycles. The van der Waals surface area contributed by atoms with E-state index in [1.54, 1.807) is 0 Å². The van der Waals surface area contributed by atoms with Crippen LogP contribution < -0.4 is 20.7 Å². The Kier molecular flexibility index (Phi) is 13.6. The molecular formula is C32H47N3O6. The van der Waals surface area contributed by atoms with Crippen molar-refractivity contribution in [1.29, 1.82) is 0 Å². The number of alkyl carbamates (subject to hydrolysis) is 1. The average Bonchev–Trinajstić information content (AvgIpc) is 2.91. The Balaban J connectivity index is 2.20. The van der Waals surface area contributed by atoms with Crippen molar-refractivity contribution < 1.29 is 29.0 Å². The molecule has 2 aromatic carbocycles. The standard InChI is InChI=1S/C32H47N3O6/c1-7-11-25(20-36)33-29(37)27(18-22(2)3)34-30(38)28(35-31(39)40-21-24-12-9-8-10-13-24)19-23-14-16-26(17-15-23)41-32(4,5)6/h8-10,12-17,22,25,27-28,36H,7,11,18-21H2,1-6H3,(H,33,37)(H,34,38)(H,35,39)/t25-,27-,28-/m0/s1. The molecule has 0 aliphatic carbocycles. The lowest BCUT2D eigenvalue weighted by Gasteiger charge is -2.26. The fourth-order valence-electron chi connectivity index (χ4n) is 4.23. The lowest BCUT2D eigenvalue weighted by Crippen LogP contribution is -2.56. The van der Waals surface area contributed by atoms with Gasteiger partial charge in [-0.3, -0.25) is 9.59 Å². The molecule has 226 valence electrons. The SMILES string of the molecule is CCC[C@@H](CO)NC(=O)[C@H](CC(C)C)NC(=O)[C@H](Cc1ccc(OC(C)(C)C)cc1)NC(=O)OCc1ccccc1. The quantitative estimate of drug-likeness (QED) is 0.250. The zero-order valence-electron chi connectivity index (χ0n) is 25.2. The molecule has 0 aliphatic heterocycles. The fraction of sp³-hybridized carbons (Fsp3) is 0.531. The highest BCUT2D eigenvalue weighted by molar-refractivity contribution is 5.91. The van der Waals surface area contributed by atoms with E-state index in [2.05, 4.69) is 16.0 Å². The second-order valence-electron chi connectivity index (χ2n) is 11.7. The number of rotatable bonds is 15. The van der Waals surface area contributed by atoms with E-state index in [0.29, 0.717) is 18.6 Å². The van der Waals surface area contributed by atoms with Gasteiger partial charge in [0.25, 0.3) is 0 Å². The zero-order chi connectivity index (χ0) is 30.4. The van der Waals surface area contributed by atoms with Gasteiger partial charge in [0.15, 0.2) is 0 Å². The van der Waals surface area contributed by atoms with Gasteiger partial charge in [-0.05, 0) is 62.8 Å². The summed E-state index contributed by atoms with van der Waals surface area (Å²) in [4.78, 5) is 39.4. The minimum absolute atomic E-state index is 0.0538. The molecule has 0 spiro atoms. The van der Waals surface area contributed by atoms with Crippen LogP contribution in [-0.2, 0) is 27.4 Å². The molecule has 9 heteroatoms. The van der Waals surface area contributed by atoms with Crippen LogP contribution >= 0.6 is 0 Å². The Morgan fingerprint density at radius 1 is 0.854 bits per heavy atom. The third-order valence-electron chi connectivity index (χ3n) is 6.15. The van der Waals surface area contributed by atoms with Gasteiger partial charge in [0.1, 0.15) is 30.0 Å². The first kappa shape index (κ1) is 33.6. The van der Waals surface area contributed by atoms with Gasteiger partial charge in [0, 0.05) is 6.42 Å². The summed E-state index contributed by atoms with van der Waals surface area (Å²) in [5.41, 5.74) is 1.26. The van der Waals surface area contributed by atoms with Gasteiger partial charge in [-0.2, -0.15) is 0 Å². The second-order valence-corrected chi connectivity index (χ2v) is 11.7. The summed E-state index contributed by atoms with van der Waals surface area (Å²) in [6, 6.07) is 14.3. The Labute approximate surface area is 244 Å². The smallest absolute Gasteiger partial charge is 0.408 e. The first-order chi connectivity index (χ1) is 19.4. The molecule has 2 rings (SSSR count). The van der Waals surface area contributed by atoms with E-state index >= 15 is 0 Å². The topological polar surface area (TPSA) is 126 Å². The summed E-state index contributed by atoms with van der Waals surface area (Å²) in [7, 11) is 0. The van der Waals surface area contributed by atoms with Crippen LogP contribution in [0.4, 0.5) is 4.79 Å². The van der Waals surface area contributed by atoms with Crippen LogP contribution in [-0.4, -0.2) is 53.3 Å². The van der Waals surface area contributed by atoms with Gasteiger partial charge in [-0.15, -0.1) is 0 Å². The van der Waals surface area contributed by atoms with Crippen molar-refractivity contribution in [2.75, 3.05) is 6.61 Å². The molecule has 3 atom stereocenters. The molecule has 41 heavy (non-hydrogen) atoms. The van der Waals surface area contributed by atoms with Gasteiger partial charge >= 0.3 is 6.09 Å². The van der Waals surface area contributed by atoms with Gasteiger partial charge in [0.05, 0.1) is 12.6 Å². The van der Waals surface area contributed by atoms with Crippen molar-refractivity contribution in [3.05, 3.63) is 65.7 Å². The third-order valence-corrected chi connectivity index (χ3v) is 6.15. The fourth-order valence-corrected chi connectivity index (χ4v) is 4.23. The van der Waals surface area contributed by atoms with E-state index in [-0.39, 0.29) is 37.1 Å². The highest BCUT2D eigenvalue weighted by atomic mass is 16.5. The molecule has 3 amide bonds. The van der Waals surface area contributed by atoms with E-state index in [1.807, 2.05) is 96.1 Å². The minimum atomic E-state index is -1.00. The molecule has 0 radical (unpaired) electrons. The Morgan fingerprint density at radius 2 is 1.49 bits per heavy atom. The molecule has 0 saturated carbocycles. The van der Waals surface area contributed by atoms with Crippen LogP contribution in [0.15, 0.2) is 54.6 Å². The number of carbonyl (C=O) groups is 3. The monoisotopic (exact) mass is 569 g/mol. The number of aliphatic hydroxyl groups is 1. The van der Waals surface area contributed by atoms with Crippen LogP contribution in [0.1, 0.15) is 71.9 Å². The number of benzene rings is 2. The molecule has 9 nitrogen and oxygen atoms in total. The van der Waals surface area contributed by atoms with Crippen molar-refractivity contribution in [3.63, 3.8) is 0 Å². The van der Waals surface area contributed by atoms with E-state index in [0.717, 1.165) is 17.5 Å². The first-order valence-corrected chi connectivity index (χ1v) is 14.4. The summed E-state index contributed by atoms with van der Waals surface area (Å²) in [6.45, 7) is 11.6. The second kappa shape index (κ2) is 16.6. The Bertz CT molecular complexity index is 1080. The van der Waals surface area contributed by atoms with Crippen molar-refractivity contribution >= 4 is 17.9 Å². The maximum atomic E-state index is 13.6. The lowest BCUT2D eigenvalue weighted by atomic mass is 10.0. The molecule has 0 saturated heterocycles. The summed E-state index contributed by atoms with van der Waals surface area (Å²) in [5.74, 6) is -0.0683. The van der Waals surface area contributed by atoms with E-state index in [4.69, 9.17) is 9.47 Å². The summed E-state index contributed by atoms with van der Waals surface area (Å²) >= 11 is 0. The number of aliphatic hydroxyl groups excluding tert-OH is 1. The maximum Gasteiger partial charge on any atom is 0.408 e. The predicted octanol–water partition coefficient (Wildman–Crippen LogP) is 4.51. The van der Waals surface area contributed by atoms with Gasteiger partial charge in [-0.25, -0.2) is 4.79 Å². The highest BCUT2D eigenvalue weighted by Crippen LogP contribution is 2.19. The molecular weight excluding hydrogens is 522 g/mol. The molecule has 0 fully saturated rings. The van der Waals surface area contributed by atoms with Crippen molar-refractivity contribution in [3.8, 4) is 5.75 Å².